The Hall–Kier alpha value is -2.76. The molecule has 1 aromatic heterocycles. The first kappa shape index (κ1) is 13.7. The molecule has 0 aliphatic heterocycles. The molecule has 0 amide bonds. The van der Waals surface area contributed by atoms with E-state index in [0.29, 0.717) is 11.1 Å². The average Bonchev–Trinajstić information content (AvgIpc) is 2.46. The van der Waals surface area contributed by atoms with Gasteiger partial charge in [-0.2, -0.15) is 0 Å². The van der Waals surface area contributed by atoms with E-state index in [0.717, 1.165) is 0 Å². The van der Waals surface area contributed by atoms with Gasteiger partial charge in [0, 0.05) is 11.1 Å². The van der Waals surface area contributed by atoms with Crippen LogP contribution in [-0.4, -0.2) is 23.0 Å². The minimum absolute atomic E-state index is 0.0225. The zero-order chi connectivity index (χ0) is 14.7. The second-order valence-electron chi connectivity index (χ2n) is 3.90. The van der Waals surface area contributed by atoms with Crippen LogP contribution >= 0.6 is 0 Å². The molecule has 2 N–H and O–H groups in total. The fourth-order valence-corrected chi connectivity index (χ4v) is 1.67. The first-order valence-electron chi connectivity index (χ1n) is 5.71. The highest BCUT2D eigenvalue weighted by Crippen LogP contribution is 2.22. The molecule has 5 nitrogen and oxygen atoms in total. The molecule has 0 aliphatic rings. The molecule has 0 fully saturated rings. The van der Waals surface area contributed by atoms with Crippen molar-refractivity contribution in [3.8, 4) is 11.4 Å². The van der Waals surface area contributed by atoms with Crippen LogP contribution in [0.15, 0.2) is 30.8 Å². The molecular weight excluding hydrogens is 261 g/mol. The van der Waals surface area contributed by atoms with Gasteiger partial charge < -0.3 is 10.5 Å². The quantitative estimate of drug-likeness (QED) is 0.868. The number of nitrogens with two attached hydrogens (primary N) is 1. The van der Waals surface area contributed by atoms with E-state index >= 15 is 0 Å². The number of aromatic nitrogens is 2. The fourth-order valence-electron chi connectivity index (χ4n) is 1.67. The normalized spacial score (nSPS) is 10.1. The number of halogens is 1. The van der Waals surface area contributed by atoms with Gasteiger partial charge in [0.25, 0.3) is 0 Å². The van der Waals surface area contributed by atoms with Crippen molar-refractivity contribution in [3.05, 3.63) is 47.9 Å². The number of anilines is 1. The minimum atomic E-state index is -0.641. The SMILES string of the molecule is C=Cc1c(N)nc(-c2ccc(F)cc2)nc1C(=O)OC. The lowest BCUT2D eigenvalue weighted by Gasteiger charge is -2.09. The lowest BCUT2D eigenvalue weighted by Crippen LogP contribution is -2.11. The van der Waals surface area contributed by atoms with Crippen LogP contribution in [0.5, 0.6) is 0 Å². The van der Waals surface area contributed by atoms with Crippen LogP contribution in [0.4, 0.5) is 10.2 Å². The Morgan fingerprint density at radius 1 is 1.35 bits per heavy atom. The van der Waals surface area contributed by atoms with E-state index < -0.39 is 5.97 Å². The smallest absolute Gasteiger partial charge is 0.357 e. The number of carbonyl (C=O) groups excluding carboxylic acids is 1. The highest BCUT2D eigenvalue weighted by Gasteiger charge is 2.18. The molecule has 0 saturated carbocycles. The van der Waals surface area contributed by atoms with Gasteiger partial charge in [0.2, 0.25) is 0 Å². The molecule has 0 radical (unpaired) electrons. The van der Waals surface area contributed by atoms with Gasteiger partial charge in [0.05, 0.1) is 7.11 Å². The van der Waals surface area contributed by atoms with Gasteiger partial charge in [0.1, 0.15) is 11.6 Å². The standard InChI is InChI=1S/C14H12FN3O2/c1-3-10-11(14(19)20-2)17-13(18-12(10)16)8-4-6-9(15)7-5-8/h3-7H,1H2,2H3,(H2,16,17,18). The number of rotatable bonds is 3. The number of methoxy groups -OCH3 is 1. The molecular formula is C14H12FN3O2. The molecule has 0 spiro atoms. The van der Waals surface area contributed by atoms with Gasteiger partial charge >= 0.3 is 5.97 Å². The van der Waals surface area contributed by atoms with Gasteiger partial charge in [-0.3, -0.25) is 0 Å². The Bertz CT molecular complexity index is 669. The van der Waals surface area contributed by atoms with Crippen molar-refractivity contribution in [2.24, 2.45) is 0 Å². The maximum atomic E-state index is 12.9. The maximum Gasteiger partial charge on any atom is 0.357 e. The summed E-state index contributed by atoms with van der Waals surface area (Å²) in [6.45, 7) is 3.57. The first-order chi connectivity index (χ1) is 9.56. The molecule has 0 aliphatic carbocycles. The number of carbonyl (C=O) groups is 1. The van der Waals surface area contributed by atoms with E-state index in [-0.39, 0.29) is 23.2 Å². The van der Waals surface area contributed by atoms with Gasteiger partial charge in [-0.15, -0.1) is 0 Å². The van der Waals surface area contributed by atoms with Crippen molar-refractivity contribution in [2.75, 3.05) is 12.8 Å². The molecule has 1 aromatic carbocycles. The Morgan fingerprint density at radius 2 is 2.00 bits per heavy atom. The van der Waals surface area contributed by atoms with Gasteiger partial charge in [0.15, 0.2) is 11.5 Å². The summed E-state index contributed by atoms with van der Waals surface area (Å²) in [5.41, 5.74) is 6.66. The van der Waals surface area contributed by atoms with E-state index in [1.807, 2.05) is 0 Å². The second-order valence-corrected chi connectivity index (χ2v) is 3.90. The topological polar surface area (TPSA) is 78.1 Å². The van der Waals surface area contributed by atoms with E-state index in [2.05, 4.69) is 21.3 Å². The summed E-state index contributed by atoms with van der Waals surface area (Å²) >= 11 is 0. The van der Waals surface area contributed by atoms with Crippen LogP contribution in [0, 0.1) is 5.82 Å². The Kier molecular flexibility index (Phi) is 3.74. The van der Waals surface area contributed by atoms with Gasteiger partial charge in [-0.25, -0.2) is 19.2 Å². The Morgan fingerprint density at radius 3 is 2.55 bits per heavy atom. The van der Waals surface area contributed by atoms with Crippen molar-refractivity contribution in [3.63, 3.8) is 0 Å². The first-order valence-corrected chi connectivity index (χ1v) is 5.71. The summed E-state index contributed by atoms with van der Waals surface area (Å²) in [4.78, 5) is 19.9. The molecule has 0 bridgehead atoms. The van der Waals surface area contributed by atoms with Gasteiger partial charge in [-0.05, 0) is 24.3 Å². The third kappa shape index (κ3) is 2.49. The molecule has 102 valence electrons. The molecule has 20 heavy (non-hydrogen) atoms. The number of hydrogen-bond donors (Lipinski definition) is 1. The monoisotopic (exact) mass is 273 g/mol. The predicted molar refractivity (Wildman–Crippen MR) is 73.3 cm³/mol. The van der Waals surface area contributed by atoms with Crippen LogP contribution in [0.25, 0.3) is 17.5 Å². The van der Waals surface area contributed by atoms with E-state index in [9.17, 15) is 9.18 Å². The molecule has 0 atom stereocenters. The molecule has 1 heterocycles. The number of benzene rings is 1. The van der Waals surface area contributed by atoms with E-state index in [1.54, 1.807) is 0 Å². The van der Waals surface area contributed by atoms with Gasteiger partial charge in [-0.1, -0.05) is 12.7 Å². The lowest BCUT2D eigenvalue weighted by atomic mass is 10.1. The zero-order valence-corrected chi connectivity index (χ0v) is 10.8. The molecule has 6 heteroatoms. The maximum absolute atomic E-state index is 12.9. The van der Waals surface area contributed by atoms with Crippen LogP contribution < -0.4 is 5.73 Å². The summed E-state index contributed by atoms with van der Waals surface area (Å²) in [5, 5.41) is 0. The predicted octanol–water partition coefficient (Wildman–Crippen LogP) is 2.29. The third-order valence-electron chi connectivity index (χ3n) is 2.66. The van der Waals surface area contributed by atoms with Crippen LogP contribution in [-0.2, 0) is 4.74 Å². The van der Waals surface area contributed by atoms with E-state index in [1.165, 1.54) is 37.5 Å². The Balaban J connectivity index is 2.61. The number of esters is 1. The summed E-state index contributed by atoms with van der Waals surface area (Å²) < 4.78 is 17.6. The zero-order valence-electron chi connectivity index (χ0n) is 10.8. The van der Waals surface area contributed by atoms with Crippen molar-refractivity contribution >= 4 is 17.9 Å². The number of ether oxygens (including phenoxy) is 1. The summed E-state index contributed by atoms with van der Waals surface area (Å²) in [6, 6.07) is 5.54. The second kappa shape index (κ2) is 5.48. The summed E-state index contributed by atoms with van der Waals surface area (Å²) in [7, 11) is 1.24. The van der Waals surface area contributed by atoms with Crippen LogP contribution in [0.1, 0.15) is 16.1 Å². The Labute approximate surface area is 114 Å². The van der Waals surface area contributed by atoms with Crippen molar-refractivity contribution in [2.45, 2.75) is 0 Å². The number of nitrogen functional groups attached to an aromatic ring is 1. The minimum Gasteiger partial charge on any atom is -0.464 e. The summed E-state index contributed by atoms with van der Waals surface area (Å²) in [6.07, 6.45) is 1.38. The van der Waals surface area contributed by atoms with Crippen LogP contribution in [0.2, 0.25) is 0 Å². The molecule has 0 saturated heterocycles. The fraction of sp³-hybridized carbons (Fsp3) is 0.0714. The van der Waals surface area contributed by atoms with E-state index in [4.69, 9.17) is 5.73 Å². The number of nitrogens with zero attached hydrogens (tertiary/aromatic N) is 2. The van der Waals surface area contributed by atoms with Crippen molar-refractivity contribution in [1.82, 2.24) is 9.97 Å². The molecule has 2 aromatic rings. The molecule has 0 unspecified atom stereocenters. The highest BCUT2D eigenvalue weighted by atomic mass is 19.1. The average molecular weight is 273 g/mol. The van der Waals surface area contributed by atoms with Crippen molar-refractivity contribution < 1.29 is 13.9 Å². The number of hydrogen-bond acceptors (Lipinski definition) is 5. The summed E-state index contributed by atoms with van der Waals surface area (Å²) in [5.74, 6) is -0.696. The largest absolute Gasteiger partial charge is 0.464 e. The highest BCUT2D eigenvalue weighted by molar-refractivity contribution is 5.93. The lowest BCUT2D eigenvalue weighted by molar-refractivity contribution is 0.0594. The van der Waals surface area contributed by atoms with Crippen molar-refractivity contribution in [1.29, 1.82) is 0 Å². The molecule has 2 rings (SSSR count). The van der Waals surface area contributed by atoms with Crippen LogP contribution in [0.3, 0.4) is 0 Å². The third-order valence-corrected chi connectivity index (χ3v) is 2.66.